The van der Waals surface area contributed by atoms with Crippen molar-refractivity contribution < 1.29 is 24.5 Å². The Morgan fingerprint density at radius 1 is 1.11 bits per heavy atom. The molecule has 3 N–H and O–H groups in total. The average molecular weight is 476 g/mol. The summed E-state index contributed by atoms with van der Waals surface area (Å²) in [6.07, 6.45) is -0.355. The van der Waals surface area contributed by atoms with Crippen LogP contribution in [-0.4, -0.2) is 47.1 Å². The lowest BCUT2D eigenvalue weighted by Crippen LogP contribution is -2.46. The molecule has 1 saturated carbocycles. The van der Waals surface area contributed by atoms with E-state index in [4.69, 9.17) is 9.47 Å². The molecule has 1 unspecified atom stereocenters. The molecule has 1 aliphatic heterocycles. The Balaban J connectivity index is 1.12. The molecule has 3 aromatic carbocycles. The number of carboxylic acids is 1. The molecule has 3 aromatic rings. The van der Waals surface area contributed by atoms with E-state index < -0.39 is 18.0 Å². The van der Waals surface area contributed by atoms with Gasteiger partial charge in [-0.05, 0) is 43.5 Å². The monoisotopic (exact) mass is 475 g/mol. The van der Waals surface area contributed by atoms with Gasteiger partial charge in [0.05, 0.1) is 18.8 Å². The molecule has 1 aliphatic carbocycles. The van der Waals surface area contributed by atoms with Crippen LogP contribution in [0.15, 0.2) is 60.7 Å². The van der Waals surface area contributed by atoms with E-state index in [0.717, 1.165) is 23.3 Å². The van der Waals surface area contributed by atoms with Gasteiger partial charge in [0, 0.05) is 29.1 Å². The Morgan fingerprint density at radius 3 is 2.66 bits per heavy atom. The van der Waals surface area contributed by atoms with Gasteiger partial charge in [-0.15, -0.1) is 0 Å². The maximum absolute atomic E-state index is 11.3. The Morgan fingerprint density at radius 2 is 1.89 bits per heavy atom. The molecular formula is C29H33NO5. The van der Waals surface area contributed by atoms with Crippen molar-refractivity contribution in [2.75, 3.05) is 13.2 Å². The largest absolute Gasteiger partial charge is 0.488 e. The number of carboxylic acid groups (broad SMARTS) is 1. The summed E-state index contributed by atoms with van der Waals surface area (Å²) in [5.74, 6) is -0.565. The number of rotatable bonds is 10. The third-order valence-corrected chi connectivity index (χ3v) is 7.18. The minimum absolute atomic E-state index is 0.0609. The summed E-state index contributed by atoms with van der Waals surface area (Å²) < 4.78 is 11.9. The minimum atomic E-state index is -0.806. The molecule has 0 aromatic heterocycles. The van der Waals surface area contributed by atoms with E-state index in [1.165, 1.54) is 16.3 Å². The van der Waals surface area contributed by atoms with Gasteiger partial charge in [0.15, 0.2) is 0 Å². The highest BCUT2D eigenvalue weighted by Gasteiger charge is 2.63. The summed E-state index contributed by atoms with van der Waals surface area (Å²) in [6.45, 7) is 6.81. The number of β-amino-alcohol motifs (C(OH)–C–C–N with tert-alkyl or cyclic N) is 1. The highest BCUT2D eigenvalue weighted by molar-refractivity contribution is 5.83. The van der Waals surface area contributed by atoms with Gasteiger partial charge in [-0.1, -0.05) is 60.7 Å². The predicted octanol–water partition coefficient (Wildman–Crippen LogP) is 4.45. The van der Waals surface area contributed by atoms with Gasteiger partial charge in [-0.3, -0.25) is 4.79 Å². The lowest BCUT2D eigenvalue weighted by Gasteiger charge is -2.28. The second-order valence-electron chi connectivity index (χ2n) is 10.5. The highest BCUT2D eigenvalue weighted by atomic mass is 16.5. The Hall–Kier alpha value is -2.93. The number of nitrogens with one attached hydrogen (secondary N) is 1. The van der Waals surface area contributed by atoms with Gasteiger partial charge in [0.25, 0.3) is 0 Å². The van der Waals surface area contributed by atoms with Crippen LogP contribution in [-0.2, 0) is 16.0 Å². The molecular weight excluding hydrogens is 442 g/mol. The molecule has 2 aliphatic rings. The molecule has 6 nitrogen and oxygen atoms in total. The summed E-state index contributed by atoms with van der Waals surface area (Å²) >= 11 is 0. The van der Waals surface area contributed by atoms with Crippen LogP contribution in [0.2, 0.25) is 0 Å². The van der Waals surface area contributed by atoms with Crippen LogP contribution in [0.25, 0.3) is 10.8 Å². The fraction of sp³-hybridized carbons (Fsp3) is 0.414. The predicted molar refractivity (Wildman–Crippen MR) is 135 cm³/mol. The number of benzene rings is 3. The van der Waals surface area contributed by atoms with E-state index >= 15 is 0 Å². The summed E-state index contributed by atoms with van der Waals surface area (Å²) in [7, 11) is 0. The zero-order valence-corrected chi connectivity index (χ0v) is 20.4. The Kier molecular flexibility index (Phi) is 6.30. The van der Waals surface area contributed by atoms with Crippen molar-refractivity contribution in [3.63, 3.8) is 0 Å². The van der Waals surface area contributed by atoms with E-state index in [9.17, 15) is 15.0 Å². The van der Waals surface area contributed by atoms with Crippen molar-refractivity contribution in [3.8, 4) is 5.75 Å². The average Bonchev–Trinajstić information content (AvgIpc) is 3.43. The molecule has 1 fully saturated rings. The summed E-state index contributed by atoms with van der Waals surface area (Å²) in [4.78, 5) is 11.3. The molecule has 6 heteroatoms. The quantitative estimate of drug-likeness (QED) is 0.402. The zero-order valence-electron chi connectivity index (χ0n) is 20.4. The standard InChI is InChI=1S/C29H33NO5/c1-17(22-9-6-10-23-24-25(28(32)33)27(24)35-26(22)23)34-16-21(31)15-30-29(2,3)14-18-11-12-19-7-4-5-8-20(19)13-18/h4-13,17,21,24-25,27,30-31H,14-16H2,1-3H3,(H,32,33)/t17-,21?,24+,25+,27+/m1/s1. The molecule has 5 atom stereocenters. The molecule has 0 amide bonds. The molecule has 5 rings (SSSR count). The zero-order chi connectivity index (χ0) is 24.7. The third kappa shape index (κ3) is 4.92. The first kappa shape index (κ1) is 23.8. The number of aliphatic hydroxyl groups is 1. The van der Waals surface area contributed by atoms with Crippen molar-refractivity contribution >= 4 is 16.7 Å². The molecule has 0 saturated heterocycles. The fourth-order valence-corrected chi connectivity index (χ4v) is 5.24. The lowest BCUT2D eigenvalue weighted by atomic mass is 9.93. The first-order chi connectivity index (χ1) is 16.7. The molecule has 35 heavy (non-hydrogen) atoms. The number of aliphatic carboxylic acids is 1. The smallest absolute Gasteiger partial charge is 0.311 e. The summed E-state index contributed by atoms with van der Waals surface area (Å²) in [5, 5.41) is 25.8. The van der Waals surface area contributed by atoms with E-state index in [-0.39, 0.29) is 30.3 Å². The summed E-state index contributed by atoms with van der Waals surface area (Å²) in [5.41, 5.74) is 2.91. The molecule has 0 radical (unpaired) electrons. The normalized spacial score (nSPS) is 22.2. The summed E-state index contributed by atoms with van der Waals surface area (Å²) in [6, 6.07) is 20.7. The number of carbonyl (C=O) groups is 1. The van der Waals surface area contributed by atoms with E-state index in [1.807, 2.05) is 31.2 Å². The maximum Gasteiger partial charge on any atom is 0.311 e. The van der Waals surface area contributed by atoms with Crippen molar-refractivity contribution in [2.24, 2.45) is 5.92 Å². The van der Waals surface area contributed by atoms with Gasteiger partial charge >= 0.3 is 5.97 Å². The van der Waals surface area contributed by atoms with Crippen LogP contribution in [0.5, 0.6) is 5.75 Å². The third-order valence-electron chi connectivity index (χ3n) is 7.18. The fourth-order valence-electron chi connectivity index (χ4n) is 5.24. The number of aliphatic hydroxyl groups excluding tert-OH is 1. The van der Waals surface area contributed by atoms with E-state index in [0.29, 0.717) is 6.54 Å². The van der Waals surface area contributed by atoms with Gasteiger partial charge in [0.2, 0.25) is 0 Å². The van der Waals surface area contributed by atoms with Crippen molar-refractivity contribution in [2.45, 2.75) is 57.0 Å². The maximum atomic E-state index is 11.3. The minimum Gasteiger partial charge on any atom is -0.488 e. The van der Waals surface area contributed by atoms with E-state index in [1.54, 1.807) is 0 Å². The first-order valence-corrected chi connectivity index (χ1v) is 12.3. The Labute approximate surface area is 205 Å². The van der Waals surface area contributed by atoms with Crippen molar-refractivity contribution in [1.29, 1.82) is 0 Å². The lowest BCUT2D eigenvalue weighted by molar-refractivity contribution is -0.139. The number of ether oxygens (including phenoxy) is 2. The molecule has 184 valence electrons. The van der Waals surface area contributed by atoms with Crippen LogP contribution >= 0.6 is 0 Å². The van der Waals surface area contributed by atoms with Crippen LogP contribution in [0.4, 0.5) is 0 Å². The second kappa shape index (κ2) is 9.26. The van der Waals surface area contributed by atoms with E-state index in [2.05, 4.69) is 55.6 Å². The number of hydrogen-bond acceptors (Lipinski definition) is 5. The highest BCUT2D eigenvalue weighted by Crippen LogP contribution is 2.59. The molecule has 1 heterocycles. The van der Waals surface area contributed by atoms with Crippen LogP contribution in [0.3, 0.4) is 0 Å². The van der Waals surface area contributed by atoms with Crippen molar-refractivity contribution in [1.82, 2.24) is 5.32 Å². The van der Waals surface area contributed by atoms with Gasteiger partial charge in [-0.2, -0.15) is 0 Å². The van der Waals surface area contributed by atoms with Crippen LogP contribution < -0.4 is 10.1 Å². The van der Waals surface area contributed by atoms with Gasteiger partial charge < -0.3 is 25.0 Å². The number of hydrogen-bond donors (Lipinski definition) is 3. The SMILES string of the molecule is C[C@@H](OCC(O)CNC(C)(C)Cc1ccc2ccccc2c1)c1cccc2c1O[C@@H]1[C@@H](C(=O)O)[C@H]21. The van der Waals surface area contributed by atoms with Gasteiger partial charge in [0.1, 0.15) is 17.8 Å². The van der Waals surface area contributed by atoms with Crippen LogP contribution in [0, 0.1) is 5.92 Å². The number of para-hydroxylation sites is 1. The topological polar surface area (TPSA) is 88.0 Å². The Bertz CT molecular complexity index is 1240. The second-order valence-corrected chi connectivity index (χ2v) is 10.5. The first-order valence-electron chi connectivity index (χ1n) is 12.3. The van der Waals surface area contributed by atoms with Crippen molar-refractivity contribution in [3.05, 3.63) is 77.4 Å². The molecule has 0 bridgehead atoms. The van der Waals surface area contributed by atoms with Crippen LogP contribution in [0.1, 0.15) is 49.5 Å². The van der Waals surface area contributed by atoms with Gasteiger partial charge in [-0.25, -0.2) is 0 Å². The number of fused-ring (bicyclic) bond motifs is 4. The molecule has 0 spiro atoms.